The van der Waals surface area contributed by atoms with Crippen LogP contribution in [-0.4, -0.2) is 75.5 Å². The van der Waals surface area contributed by atoms with Crippen LogP contribution >= 0.6 is 11.3 Å². The normalized spacial score (nSPS) is 17.6. The fourth-order valence-electron chi connectivity index (χ4n) is 6.33. The average Bonchev–Trinajstić information content (AvgIpc) is 3.74. The topological polar surface area (TPSA) is 190 Å². The van der Waals surface area contributed by atoms with Crippen molar-refractivity contribution in [3.8, 4) is 10.4 Å². The van der Waals surface area contributed by atoms with Gasteiger partial charge in [0.15, 0.2) is 0 Å². The number of aliphatic hydroxyl groups is 1. The van der Waals surface area contributed by atoms with Crippen LogP contribution in [0, 0.1) is 12.3 Å². The van der Waals surface area contributed by atoms with E-state index in [2.05, 4.69) is 15.6 Å². The SMILES string of the molecule is Cc1ncsc1-c1ccc(CNC(=O)[C@@H]2C[C@H](O)CN2C(=O)[C@@H](NC(=O)CCCCc2ccc(CO[C@H](C)[C@@H](N)CCC(N)=O)cc2)C(C)(C)C)cc1. The first-order chi connectivity index (χ1) is 25.1. The molecule has 1 aliphatic rings. The fraction of sp³-hybridized carbons (Fsp3) is 0.525. The highest BCUT2D eigenvalue weighted by atomic mass is 32.1. The average molecular weight is 749 g/mol. The number of benzene rings is 2. The van der Waals surface area contributed by atoms with Crippen LogP contribution in [0.1, 0.15) is 88.6 Å². The Bertz CT molecular complexity index is 1670. The second-order valence-corrected chi connectivity index (χ2v) is 16.0. The first kappa shape index (κ1) is 41.6. The number of likely N-dealkylation sites (tertiary alicyclic amines) is 1. The maximum Gasteiger partial charge on any atom is 0.246 e. The summed E-state index contributed by atoms with van der Waals surface area (Å²) in [4.78, 5) is 58.3. The van der Waals surface area contributed by atoms with Crippen LogP contribution in [0.5, 0.6) is 0 Å². The van der Waals surface area contributed by atoms with E-state index in [0.717, 1.165) is 45.7 Å². The predicted octanol–water partition coefficient (Wildman–Crippen LogP) is 4.14. The fourth-order valence-corrected chi connectivity index (χ4v) is 7.14. The van der Waals surface area contributed by atoms with Crippen molar-refractivity contribution in [3.63, 3.8) is 0 Å². The zero-order valence-corrected chi connectivity index (χ0v) is 32.4. The lowest BCUT2D eigenvalue weighted by molar-refractivity contribution is -0.144. The number of hydrogen-bond donors (Lipinski definition) is 5. The molecular weight excluding hydrogens is 693 g/mol. The number of nitrogens with zero attached hydrogens (tertiary/aromatic N) is 2. The van der Waals surface area contributed by atoms with E-state index >= 15 is 0 Å². The number of ether oxygens (including phenoxy) is 1. The van der Waals surface area contributed by atoms with E-state index in [0.29, 0.717) is 19.4 Å². The Labute approximate surface area is 317 Å². The molecule has 0 saturated carbocycles. The summed E-state index contributed by atoms with van der Waals surface area (Å²) in [6.45, 7) is 10.2. The van der Waals surface area contributed by atoms with Crippen LogP contribution in [0.2, 0.25) is 0 Å². The molecule has 3 aromatic rings. The molecule has 0 spiro atoms. The molecule has 2 aromatic carbocycles. The van der Waals surface area contributed by atoms with Gasteiger partial charge in [-0.2, -0.15) is 0 Å². The summed E-state index contributed by atoms with van der Waals surface area (Å²) in [6.07, 6.45) is 2.28. The van der Waals surface area contributed by atoms with Gasteiger partial charge in [0.2, 0.25) is 23.6 Å². The largest absolute Gasteiger partial charge is 0.391 e. The smallest absolute Gasteiger partial charge is 0.246 e. The highest BCUT2D eigenvalue weighted by Crippen LogP contribution is 2.28. The number of carbonyl (C=O) groups is 4. The molecule has 4 rings (SSSR count). The Morgan fingerprint density at radius 2 is 1.68 bits per heavy atom. The van der Waals surface area contributed by atoms with Crippen LogP contribution in [0.15, 0.2) is 54.0 Å². The number of aromatic nitrogens is 1. The molecule has 1 aliphatic heterocycles. The van der Waals surface area contributed by atoms with E-state index in [-0.39, 0.29) is 68.1 Å². The molecule has 0 radical (unpaired) electrons. The number of aliphatic hydroxyl groups excluding tert-OH is 1. The number of nitrogens with two attached hydrogens (primary N) is 2. The second kappa shape index (κ2) is 19.2. The van der Waals surface area contributed by atoms with Crippen LogP contribution in [0.4, 0.5) is 0 Å². The van der Waals surface area contributed by atoms with Crippen molar-refractivity contribution in [1.82, 2.24) is 20.5 Å². The standard InChI is InChI=1S/C40H56N6O6S/c1-25-36(53-24-44-25)30-16-14-28(15-17-30)21-43-38(50)33-20-31(47)22-46(33)39(51)37(40(3,4)5)45-35(49)9-7-6-8-27-10-12-29(13-11-27)23-52-26(2)32(41)18-19-34(42)48/h10-17,24,26,31-33,37,47H,6-9,18-23,41H2,1-5H3,(H2,42,48)(H,43,50)(H,45,49)/t26-,31+,32+,33+,37-/m1/s1. The first-order valence-electron chi connectivity index (χ1n) is 18.4. The van der Waals surface area contributed by atoms with Crippen molar-refractivity contribution >= 4 is 35.0 Å². The van der Waals surface area contributed by atoms with Crippen molar-refractivity contribution in [3.05, 3.63) is 76.4 Å². The molecule has 2 heterocycles. The lowest BCUT2D eigenvalue weighted by Crippen LogP contribution is -2.57. The third kappa shape index (κ3) is 12.4. The molecule has 0 aliphatic carbocycles. The van der Waals surface area contributed by atoms with Gasteiger partial charge in [-0.15, -0.1) is 11.3 Å². The maximum absolute atomic E-state index is 13.9. The third-order valence-electron chi connectivity index (χ3n) is 9.69. The molecule has 1 saturated heterocycles. The summed E-state index contributed by atoms with van der Waals surface area (Å²) in [5, 5.41) is 16.4. The number of β-amino-alcohol motifs (C(OH)–C–C–N with tert-alkyl or cyclic N) is 1. The van der Waals surface area contributed by atoms with Gasteiger partial charge in [0.25, 0.3) is 0 Å². The van der Waals surface area contributed by atoms with Gasteiger partial charge in [0, 0.05) is 38.4 Å². The van der Waals surface area contributed by atoms with Gasteiger partial charge in [-0.05, 0) is 67.2 Å². The Hall–Kier alpha value is -4.17. The number of primary amides is 1. The summed E-state index contributed by atoms with van der Waals surface area (Å²) < 4.78 is 5.88. The zero-order valence-electron chi connectivity index (χ0n) is 31.6. The number of amides is 4. The van der Waals surface area contributed by atoms with E-state index in [4.69, 9.17) is 16.2 Å². The van der Waals surface area contributed by atoms with Gasteiger partial charge < -0.3 is 36.8 Å². The summed E-state index contributed by atoms with van der Waals surface area (Å²) in [6, 6.07) is 14.0. The number of nitrogens with one attached hydrogen (secondary N) is 2. The Morgan fingerprint density at radius 1 is 1.02 bits per heavy atom. The summed E-state index contributed by atoms with van der Waals surface area (Å²) in [5.41, 5.74) is 17.6. The van der Waals surface area contributed by atoms with Gasteiger partial charge in [0.05, 0.1) is 34.9 Å². The monoisotopic (exact) mass is 748 g/mol. The molecular formula is C40H56N6O6S. The first-order valence-corrected chi connectivity index (χ1v) is 19.3. The molecule has 5 atom stereocenters. The number of hydrogen-bond acceptors (Lipinski definition) is 9. The van der Waals surface area contributed by atoms with Gasteiger partial charge in [-0.3, -0.25) is 19.2 Å². The summed E-state index contributed by atoms with van der Waals surface area (Å²) >= 11 is 1.58. The molecule has 13 heteroatoms. The quantitative estimate of drug-likeness (QED) is 0.120. The van der Waals surface area contributed by atoms with Gasteiger partial charge >= 0.3 is 0 Å². The predicted molar refractivity (Wildman–Crippen MR) is 206 cm³/mol. The summed E-state index contributed by atoms with van der Waals surface area (Å²) in [7, 11) is 0. The Morgan fingerprint density at radius 3 is 2.30 bits per heavy atom. The van der Waals surface area contributed by atoms with E-state index in [1.165, 1.54) is 4.90 Å². The number of rotatable bonds is 18. The van der Waals surface area contributed by atoms with Crippen LogP contribution in [0.3, 0.4) is 0 Å². The van der Waals surface area contributed by atoms with Crippen molar-refractivity contribution in [2.24, 2.45) is 16.9 Å². The van der Waals surface area contributed by atoms with E-state index < -0.39 is 23.6 Å². The lowest BCUT2D eigenvalue weighted by atomic mass is 9.85. The van der Waals surface area contributed by atoms with Crippen molar-refractivity contribution in [2.75, 3.05) is 6.54 Å². The number of unbranched alkanes of at least 4 members (excludes halogenated alkanes) is 1. The second-order valence-electron chi connectivity index (χ2n) is 15.2. The summed E-state index contributed by atoms with van der Waals surface area (Å²) in [5.74, 6) is -1.32. The molecule has 7 N–H and O–H groups in total. The number of carbonyl (C=O) groups excluding carboxylic acids is 4. The van der Waals surface area contributed by atoms with Crippen LogP contribution < -0.4 is 22.1 Å². The minimum atomic E-state index is -0.867. The highest BCUT2D eigenvalue weighted by molar-refractivity contribution is 7.13. The molecule has 12 nitrogen and oxygen atoms in total. The van der Waals surface area contributed by atoms with Crippen LogP contribution in [0.25, 0.3) is 10.4 Å². The Kier molecular flexibility index (Phi) is 15.1. The van der Waals surface area contributed by atoms with Crippen molar-refractivity contribution in [1.29, 1.82) is 0 Å². The maximum atomic E-state index is 13.9. The van der Waals surface area contributed by atoms with E-state index in [9.17, 15) is 24.3 Å². The van der Waals surface area contributed by atoms with Crippen molar-refractivity contribution < 1.29 is 29.0 Å². The third-order valence-corrected chi connectivity index (χ3v) is 10.7. The van der Waals surface area contributed by atoms with Gasteiger partial charge in [-0.1, -0.05) is 69.3 Å². The highest BCUT2D eigenvalue weighted by Gasteiger charge is 2.44. The molecule has 1 aromatic heterocycles. The van der Waals surface area contributed by atoms with Gasteiger partial charge in [-0.25, -0.2) is 4.98 Å². The molecule has 1 fully saturated rings. The van der Waals surface area contributed by atoms with Gasteiger partial charge in [0.1, 0.15) is 12.1 Å². The molecule has 53 heavy (non-hydrogen) atoms. The van der Waals surface area contributed by atoms with E-state index in [1.54, 1.807) is 11.3 Å². The minimum absolute atomic E-state index is 0.0245. The Balaban J connectivity index is 1.23. The minimum Gasteiger partial charge on any atom is -0.391 e. The number of thiazole rings is 1. The molecule has 4 amide bonds. The van der Waals surface area contributed by atoms with E-state index in [1.807, 2.05) is 88.7 Å². The zero-order chi connectivity index (χ0) is 38.7. The van der Waals surface area contributed by atoms with Crippen LogP contribution in [-0.2, 0) is 43.5 Å². The van der Waals surface area contributed by atoms with Crippen molar-refractivity contribution in [2.45, 2.75) is 123 Å². The number of aryl methyl sites for hydroxylation is 2. The molecule has 0 bridgehead atoms. The molecule has 288 valence electrons. The molecule has 0 unspecified atom stereocenters. The lowest BCUT2D eigenvalue weighted by Gasteiger charge is -2.35.